The summed E-state index contributed by atoms with van der Waals surface area (Å²) in [6.45, 7) is 16.6. The normalized spacial score (nSPS) is 18.5. The van der Waals surface area contributed by atoms with Crippen LogP contribution in [0.4, 0.5) is 0 Å². The maximum absolute atomic E-state index is 5.69. The van der Waals surface area contributed by atoms with Crippen molar-refractivity contribution in [3.8, 4) is 0 Å². The van der Waals surface area contributed by atoms with Crippen LogP contribution in [0.1, 0.15) is 39.5 Å². The second-order valence-electron chi connectivity index (χ2n) is 6.85. The zero-order chi connectivity index (χ0) is 19.5. The smallest absolute Gasteiger partial charge is 0.191 e. The van der Waals surface area contributed by atoms with E-state index in [0.717, 1.165) is 70.7 Å². The molecule has 1 saturated heterocycles. The van der Waals surface area contributed by atoms with Crippen molar-refractivity contribution in [2.45, 2.75) is 39.8 Å². The number of nitrogens with one attached hydrogen (secondary N) is 2. The fourth-order valence-corrected chi connectivity index (χ4v) is 3.45. The first kappa shape index (κ1) is 21.7. The highest BCUT2D eigenvalue weighted by molar-refractivity contribution is 5.79. The Balaban J connectivity index is 1.96. The van der Waals surface area contributed by atoms with E-state index >= 15 is 0 Å². The number of guanidine groups is 1. The van der Waals surface area contributed by atoms with Gasteiger partial charge in [0.15, 0.2) is 5.96 Å². The van der Waals surface area contributed by atoms with Crippen LogP contribution in [0.25, 0.3) is 0 Å². The van der Waals surface area contributed by atoms with Crippen molar-refractivity contribution in [1.82, 2.24) is 20.4 Å². The van der Waals surface area contributed by atoms with Crippen molar-refractivity contribution in [2.75, 3.05) is 59.0 Å². The van der Waals surface area contributed by atoms with E-state index in [4.69, 9.17) is 14.1 Å². The Morgan fingerprint density at radius 3 is 2.56 bits per heavy atom. The molecule has 2 unspecified atom stereocenters. The lowest BCUT2D eigenvalue weighted by molar-refractivity contribution is 0.0220. The summed E-state index contributed by atoms with van der Waals surface area (Å²) in [6, 6.07) is 4.60. The van der Waals surface area contributed by atoms with Crippen molar-refractivity contribution < 1.29 is 9.15 Å². The van der Waals surface area contributed by atoms with Crippen LogP contribution in [0.15, 0.2) is 27.8 Å². The minimum Gasteiger partial charge on any atom is -0.468 e. The maximum atomic E-state index is 5.69. The molecule has 2 N–H and O–H groups in total. The Bertz CT molecular complexity index is 524. The monoisotopic (exact) mass is 379 g/mol. The van der Waals surface area contributed by atoms with Crippen LogP contribution >= 0.6 is 0 Å². The fraction of sp³-hybridized carbons (Fsp3) is 0.750. The lowest BCUT2D eigenvalue weighted by Crippen LogP contribution is -2.45. The zero-order valence-electron chi connectivity index (χ0n) is 17.4. The average molecular weight is 380 g/mol. The first-order chi connectivity index (χ1) is 13.2. The summed E-state index contributed by atoms with van der Waals surface area (Å²) in [5.74, 6) is 1.85. The van der Waals surface area contributed by atoms with E-state index in [0.29, 0.717) is 6.04 Å². The Labute approximate surface area is 164 Å². The summed E-state index contributed by atoms with van der Waals surface area (Å²) in [5, 5.41) is 6.87. The van der Waals surface area contributed by atoms with Crippen LogP contribution < -0.4 is 10.6 Å². The molecule has 7 heteroatoms. The molecular formula is C20H37N5O2. The van der Waals surface area contributed by atoms with Crippen LogP contribution in [-0.4, -0.2) is 80.8 Å². The second kappa shape index (κ2) is 12.0. The Hall–Kier alpha value is -1.57. The van der Waals surface area contributed by atoms with Crippen molar-refractivity contribution in [1.29, 1.82) is 0 Å². The van der Waals surface area contributed by atoms with Gasteiger partial charge in [-0.1, -0.05) is 13.8 Å². The highest BCUT2D eigenvalue weighted by atomic mass is 16.5. The van der Waals surface area contributed by atoms with Gasteiger partial charge in [-0.15, -0.1) is 0 Å². The molecule has 2 rings (SSSR count). The Morgan fingerprint density at radius 1 is 1.22 bits per heavy atom. The van der Waals surface area contributed by atoms with E-state index < -0.39 is 0 Å². The van der Waals surface area contributed by atoms with E-state index in [9.17, 15) is 0 Å². The Morgan fingerprint density at radius 2 is 1.96 bits per heavy atom. The van der Waals surface area contributed by atoms with Crippen LogP contribution in [0.3, 0.4) is 0 Å². The van der Waals surface area contributed by atoms with Crippen LogP contribution in [0.2, 0.25) is 0 Å². The Kier molecular flexibility index (Phi) is 9.66. The van der Waals surface area contributed by atoms with E-state index in [2.05, 4.69) is 54.2 Å². The number of morpholine rings is 1. The van der Waals surface area contributed by atoms with Crippen molar-refractivity contribution >= 4 is 5.96 Å². The highest BCUT2D eigenvalue weighted by Crippen LogP contribution is 2.20. The lowest BCUT2D eigenvalue weighted by Gasteiger charge is -2.31. The summed E-state index contributed by atoms with van der Waals surface area (Å²) in [5.41, 5.74) is 0. The first-order valence-electron chi connectivity index (χ1n) is 10.3. The third kappa shape index (κ3) is 6.83. The van der Waals surface area contributed by atoms with Gasteiger partial charge in [-0.25, -0.2) is 0 Å². The van der Waals surface area contributed by atoms with Crippen LogP contribution in [0.5, 0.6) is 0 Å². The topological polar surface area (TPSA) is 65.3 Å². The van der Waals surface area contributed by atoms with Gasteiger partial charge in [0.1, 0.15) is 5.76 Å². The van der Waals surface area contributed by atoms with Crippen molar-refractivity contribution in [3.63, 3.8) is 0 Å². The standard InChI is InChI=1S/C20H37N5O2/c1-5-21-20(22-15-17(4)25-10-13-26-14-11-25)23-16-18(24(6-2)7-3)19-9-8-12-27-19/h8-9,12,17-18H,5-7,10-11,13-16H2,1-4H3,(H2,21,22,23). The summed E-state index contributed by atoms with van der Waals surface area (Å²) in [4.78, 5) is 9.65. The molecule has 0 amide bonds. The van der Waals surface area contributed by atoms with E-state index in [1.807, 2.05) is 6.07 Å². The lowest BCUT2D eigenvalue weighted by atomic mass is 10.2. The molecule has 0 radical (unpaired) electrons. The van der Waals surface area contributed by atoms with Gasteiger partial charge in [-0.2, -0.15) is 0 Å². The summed E-state index contributed by atoms with van der Waals surface area (Å²) < 4.78 is 11.1. The van der Waals surface area contributed by atoms with Gasteiger partial charge in [0.05, 0.1) is 32.1 Å². The molecule has 154 valence electrons. The van der Waals surface area contributed by atoms with Gasteiger partial charge < -0.3 is 19.8 Å². The highest BCUT2D eigenvalue weighted by Gasteiger charge is 2.21. The van der Waals surface area contributed by atoms with Crippen molar-refractivity contribution in [2.24, 2.45) is 4.99 Å². The largest absolute Gasteiger partial charge is 0.468 e. The van der Waals surface area contributed by atoms with Gasteiger partial charge >= 0.3 is 0 Å². The molecule has 1 aromatic rings. The molecule has 0 saturated carbocycles. The molecule has 0 bridgehead atoms. The minimum absolute atomic E-state index is 0.190. The molecule has 0 aromatic carbocycles. The minimum atomic E-state index is 0.190. The predicted octanol–water partition coefficient (Wildman–Crippen LogP) is 1.94. The second-order valence-corrected chi connectivity index (χ2v) is 6.85. The number of hydrogen-bond donors (Lipinski definition) is 2. The van der Waals surface area contributed by atoms with Crippen molar-refractivity contribution in [3.05, 3.63) is 24.2 Å². The fourth-order valence-electron chi connectivity index (χ4n) is 3.45. The van der Waals surface area contributed by atoms with E-state index in [1.165, 1.54) is 0 Å². The summed E-state index contributed by atoms with van der Waals surface area (Å²) in [7, 11) is 0. The average Bonchev–Trinajstić information content (AvgIpc) is 3.24. The van der Waals surface area contributed by atoms with Gasteiger partial charge in [0.2, 0.25) is 0 Å². The number of rotatable bonds is 10. The number of hydrogen-bond acceptors (Lipinski definition) is 5. The summed E-state index contributed by atoms with van der Waals surface area (Å²) >= 11 is 0. The molecule has 0 spiro atoms. The van der Waals surface area contributed by atoms with Gasteiger partial charge in [-0.3, -0.25) is 14.8 Å². The molecule has 2 atom stereocenters. The first-order valence-corrected chi connectivity index (χ1v) is 10.3. The third-order valence-corrected chi connectivity index (χ3v) is 5.11. The molecule has 1 fully saturated rings. The molecule has 1 aromatic heterocycles. The zero-order valence-corrected chi connectivity index (χ0v) is 17.4. The molecule has 1 aliphatic rings. The summed E-state index contributed by atoms with van der Waals surface area (Å²) in [6.07, 6.45) is 1.75. The quantitative estimate of drug-likeness (QED) is 0.478. The molecule has 7 nitrogen and oxygen atoms in total. The van der Waals surface area contributed by atoms with Crippen LogP contribution in [-0.2, 0) is 4.74 Å². The molecule has 1 aliphatic heterocycles. The van der Waals surface area contributed by atoms with Gasteiger partial charge in [0.25, 0.3) is 0 Å². The van der Waals surface area contributed by atoms with Gasteiger partial charge in [0, 0.05) is 32.2 Å². The molecule has 2 heterocycles. The number of nitrogens with zero attached hydrogens (tertiary/aromatic N) is 3. The van der Waals surface area contributed by atoms with E-state index in [-0.39, 0.29) is 6.04 Å². The number of likely N-dealkylation sites (N-methyl/N-ethyl adjacent to an activating group) is 1. The molecule has 27 heavy (non-hydrogen) atoms. The van der Waals surface area contributed by atoms with Crippen LogP contribution in [0, 0.1) is 0 Å². The predicted molar refractivity (Wildman–Crippen MR) is 110 cm³/mol. The third-order valence-electron chi connectivity index (χ3n) is 5.11. The number of ether oxygens (including phenoxy) is 1. The SMILES string of the molecule is CCNC(=NCC(C)N1CCOCC1)NCC(c1ccco1)N(CC)CC. The van der Waals surface area contributed by atoms with Gasteiger partial charge in [-0.05, 0) is 39.1 Å². The number of aliphatic imine (C=N–C) groups is 1. The molecular weight excluding hydrogens is 342 g/mol. The number of furan rings is 1. The maximum Gasteiger partial charge on any atom is 0.191 e. The van der Waals surface area contributed by atoms with E-state index in [1.54, 1.807) is 6.26 Å². The molecule has 0 aliphatic carbocycles.